The van der Waals surface area contributed by atoms with E-state index in [4.69, 9.17) is 4.74 Å². The van der Waals surface area contributed by atoms with Crippen LogP contribution in [0, 0.1) is 0 Å². The minimum atomic E-state index is -4.41. The molecule has 0 amide bonds. The van der Waals surface area contributed by atoms with Gasteiger partial charge in [0.15, 0.2) is 0 Å². The molecule has 1 aliphatic rings. The van der Waals surface area contributed by atoms with Crippen molar-refractivity contribution in [2.45, 2.75) is 12.3 Å². The number of nitrogens with zero attached hydrogens (tertiary/aromatic N) is 2. The first-order valence-electron chi connectivity index (χ1n) is 8.84. The summed E-state index contributed by atoms with van der Waals surface area (Å²) in [5.74, 6) is 0.815. The summed E-state index contributed by atoms with van der Waals surface area (Å²) in [5.41, 5.74) is 0.579. The molecule has 4 nitrogen and oxygen atoms in total. The van der Waals surface area contributed by atoms with E-state index in [0.29, 0.717) is 19.6 Å². The summed E-state index contributed by atoms with van der Waals surface area (Å²) < 4.78 is 43.9. The van der Waals surface area contributed by atoms with E-state index in [9.17, 15) is 18.3 Å². The standard InChI is InChI=1S/C20H23F3N2O2/c1-27-19-8-3-2-7-17(19)25-11-9-24(10-12-25)14-18(26)15-5-4-6-16(13-15)20(21,22)23/h2-8,13,18,26H,9-12,14H2,1H3. The van der Waals surface area contributed by atoms with Crippen molar-refractivity contribution in [3.63, 3.8) is 0 Å². The Morgan fingerprint density at radius 3 is 2.41 bits per heavy atom. The second-order valence-corrected chi connectivity index (χ2v) is 6.60. The van der Waals surface area contributed by atoms with Gasteiger partial charge in [0, 0.05) is 32.7 Å². The molecule has 2 aromatic rings. The lowest BCUT2D eigenvalue weighted by atomic mass is 10.0. The van der Waals surface area contributed by atoms with E-state index in [1.165, 1.54) is 12.1 Å². The number of benzene rings is 2. The van der Waals surface area contributed by atoms with Crippen LogP contribution < -0.4 is 9.64 Å². The van der Waals surface area contributed by atoms with Crippen LogP contribution in [-0.2, 0) is 6.18 Å². The summed E-state index contributed by atoms with van der Waals surface area (Å²) >= 11 is 0. The largest absolute Gasteiger partial charge is 0.495 e. The minimum Gasteiger partial charge on any atom is -0.495 e. The van der Waals surface area contributed by atoms with Crippen LogP contribution in [0.4, 0.5) is 18.9 Å². The van der Waals surface area contributed by atoms with Crippen molar-refractivity contribution in [1.29, 1.82) is 0 Å². The highest BCUT2D eigenvalue weighted by atomic mass is 19.4. The van der Waals surface area contributed by atoms with Gasteiger partial charge >= 0.3 is 6.18 Å². The van der Waals surface area contributed by atoms with E-state index in [-0.39, 0.29) is 5.56 Å². The maximum atomic E-state index is 12.8. The number of β-amino-alcohol motifs (C(OH)–C–C–N with tert-alkyl or cyclic N) is 1. The minimum absolute atomic E-state index is 0.289. The molecule has 3 rings (SSSR count). The molecular weight excluding hydrogens is 357 g/mol. The third kappa shape index (κ3) is 4.73. The topological polar surface area (TPSA) is 35.9 Å². The first kappa shape index (κ1) is 19.5. The third-order valence-electron chi connectivity index (χ3n) is 4.83. The second kappa shape index (κ2) is 8.19. The molecule has 1 unspecified atom stereocenters. The maximum absolute atomic E-state index is 12.8. The Balaban J connectivity index is 1.59. The second-order valence-electron chi connectivity index (χ2n) is 6.60. The number of rotatable bonds is 5. The molecule has 0 saturated carbocycles. The molecule has 1 N–H and O–H groups in total. The smallest absolute Gasteiger partial charge is 0.416 e. The van der Waals surface area contributed by atoms with Crippen molar-refractivity contribution in [3.05, 3.63) is 59.7 Å². The van der Waals surface area contributed by atoms with Crippen LogP contribution in [0.5, 0.6) is 5.75 Å². The first-order valence-corrected chi connectivity index (χ1v) is 8.84. The number of piperazine rings is 1. The van der Waals surface area contributed by atoms with Crippen molar-refractivity contribution in [3.8, 4) is 5.75 Å². The Morgan fingerprint density at radius 2 is 1.74 bits per heavy atom. The highest BCUT2D eigenvalue weighted by Crippen LogP contribution is 2.31. The van der Waals surface area contributed by atoms with Crippen LogP contribution in [0.1, 0.15) is 17.2 Å². The lowest BCUT2D eigenvalue weighted by Crippen LogP contribution is -2.47. The molecule has 1 fully saturated rings. The van der Waals surface area contributed by atoms with Crippen LogP contribution in [0.15, 0.2) is 48.5 Å². The summed E-state index contributed by atoms with van der Waals surface area (Å²) in [6, 6.07) is 12.7. The monoisotopic (exact) mass is 380 g/mol. The van der Waals surface area contributed by atoms with Crippen molar-refractivity contribution in [2.75, 3.05) is 44.7 Å². The van der Waals surface area contributed by atoms with Crippen molar-refractivity contribution in [1.82, 2.24) is 4.90 Å². The summed E-state index contributed by atoms with van der Waals surface area (Å²) in [4.78, 5) is 4.28. The van der Waals surface area contributed by atoms with Gasteiger partial charge in [0.05, 0.1) is 24.5 Å². The molecule has 1 aliphatic heterocycles. The SMILES string of the molecule is COc1ccccc1N1CCN(CC(O)c2cccc(C(F)(F)F)c2)CC1. The Kier molecular flexibility index (Phi) is 5.92. The molecule has 1 saturated heterocycles. The van der Waals surface area contributed by atoms with Crippen molar-refractivity contribution >= 4 is 5.69 Å². The fraction of sp³-hybridized carbons (Fsp3) is 0.400. The van der Waals surface area contributed by atoms with Crippen LogP contribution in [0.2, 0.25) is 0 Å². The number of hydrogen-bond donors (Lipinski definition) is 1. The van der Waals surface area contributed by atoms with Crippen LogP contribution in [-0.4, -0.2) is 49.8 Å². The quantitative estimate of drug-likeness (QED) is 0.860. The number of alkyl halides is 3. The number of halogens is 3. The lowest BCUT2D eigenvalue weighted by Gasteiger charge is -2.37. The van der Waals surface area contributed by atoms with Crippen molar-refractivity contribution in [2.24, 2.45) is 0 Å². The lowest BCUT2D eigenvalue weighted by molar-refractivity contribution is -0.137. The van der Waals surface area contributed by atoms with Gasteiger partial charge in [-0.05, 0) is 29.8 Å². The summed E-state index contributed by atoms with van der Waals surface area (Å²) in [6.45, 7) is 3.26. The van der Waals surface area contributed by atoms with Gasteiger partial charge in [-0.1, -0.05) is 24.3 Å². The predicted molar refractivity (Wildman–Crippen MR) is 98.1 cm³/mol. The Hall–Kier alpha value is -2.25. The van der Waals surface area contributed by atoms with Crippen LogP contribution in [0.3, 0.4) is 0 Å². The normalized spacial score (nSPS) is 17.0. The molecule has 0 spiro atoms. The Morgan fingerprint density at radius 1 is 1.04 bits per heavy atom. The fourth-order valence-corrected chi connectivity index (χ4v) is 3.33. The van der Waals surface area contributed by atoms with E-state index in [1.807, 2.05) is 24.3 Å². The average Bonchev–Trinajstić information content (AvgIpc) is 2.68. The summed E-state index contributed by atoms with van der Waals surface area (Å²) in [5, 5.41) is 10.4. The van der Waals surface area contributed by atoms with Gasteiger partial charge in [0.2, 0.25) is 0 Å². The molecule has 27 heavy (non-hydrogen) atoms. The molecule has 146 valence electrons. The summed E-state index contributed by atoms with van der Waals surface area (Å²) in [6.07, 6.45) is -5.36. The number of anilines is 1. The Labute approximate surface area is 156 Å². The third-order valence-corrected chi connectivity index (χ3v) is 4.83. The summed E-state index contributed by atoms with van der Waals surface area (Å²) in [7, 11) is 1.64. The van der Waals surface area contributed by atoms with E-state index >= 15 is 0 Å². The van der Waals surface area contributed by atoms with E-state index < -0.39 is 17.8 Å². The van der Waals surface area contributed by atoms with Crippen molar-refractivity contribution < 1.29 is 23.0 Å². The highest BCUT2D eigenvalue weighted by molar-refractivity contribution is 5.58. The number of para-hydroxylation sites is 2. The fourth-order valence-electron chi connectivity index (χ4n) is 3.33. The first-order chi connectivity index (χ1) is 12.9. The molecule has 1 atom stereocenters. The van der Waals surface area contributed by atoms with E-state index in [2.05, 4.69) is 9.80 Å². The highest BCUT2D eigenvalue weighted by Gasteiger charge is 2.31. The molecule has 0 aromatic heterocycles. The van der Waals surface area contributed by atoms with E-state index in [0.717, 1.165) is 36.7 Å². The average molecular weight is 380 g/mol. The van der Waals surface area contributed by atoms with Gasteiger partial charge in [-0.15, -0.1) is 0 Å². The van der Waals surface area contributed by atoms with Gasteiger partial charge in [-0.3, -0.25) is 4.90 Å². The molecular formula is C20H23F3N2O2. The number of aliphatic hydroxyl groups is 1. The maximum Gasteiger partial charge on any atom is 0.416 e. The number of methoxy groups -OCH3 is 1. The van der Waals surface area contributed by atoms with Gasteiger partial charge in [0.25, 0.3) is 0 Å². The van der Waals surface area contributed by atoms with Gasteiger partial charge in [-0.25, -0.2) is 0 Å². The molecule has 1 heterocycles. The zero-order chi connectivity index (χ0) is 19.4. The molecule has 0 radical (unpaired) electrons. The predicted octanol–water partition coefficient (Wildman–Crippen LogP) is 3.57. The van der Waals surface area contributed by atoms with Gasteiger partial charge in [0.1, 0.15) is 5.75 Å². The molecule has 7 heteroatoms. The molecule has 0 bridgehead atoms. The zero-order valence-corrected chi connectivity index (χ0v) is 15.1. The van der Waals surface area contributed by atoms with E-state index in [1.54, 1.807) is 7.11 Å². The van der Waals surface area contributed by atoms with Crippen LogP contribution in [0.25, 0.3) is 0 Å². The zero-order valence-electron chi connectivity index (χ0n) is 15.1. The van der Waals surface area contributed by atoms with Gasteiger partial charge < -0.3 is 14.7 Å². The van der Waals surface area contributed by atoms with Crippen LogP contribution >= 0.6 is 0 Å². The molecule has 2 aromatic carbocycles. The number of ether oxygens (including phenoxy) is 1. The number of aliphatic hydroxyl groups excluding tert-OH is 1. The molecule has 0 aliphatic carbocycles. The number of hydrogen-bond acceptors (Lipinski definition) is 4. The Bertz CT molecular complexity index is 759. The van der Waals surface area contributed by atoms with Gasteiger partial charge in [-0.2, -0.15) is 13.2 Å².